The average Bonchev–Trinajstić information content (AvgIpc) is 2.40. The van der Waals surface area contributed by atoms with Crippen LogP contribution in [0.3, 0.4) is 0 Å². The van der Waals surface area contributed by atoms with Crippen LogP contribution in [0.2, 0.25) is 0 Å². The van der Waals surface area contributed by atoms with Crippen LogP contribution in [0.1, 0.15) is 44.2 Å². The molecule has 3 nitrogen and oxygen atoms in total. The highest BCUT2D eigenvalue weighted by molar-refractivity contribution is 5.34. The fourth-order valence-corrected chi connectivity index (χ4v) is 2.67. The van der Waals surface area contributed by atoms with Crippen molar-refractivity contribution in [3.05, 3.63) is 29.6 Å². The lowest BCUT2D eigenvalue weighted by Gasteiger charge is -2.27. The topological polar surface area (TPSA) is 52.5 Å². The van der Waals surface area contributed by atoms with Crippen LogP contribution < -0.4 is 5.32 Å². The van der Waals surface area contributed by atoms with Gasteiger partial charge >= 0.3 is 0 Å². The lowest BCUT2D eigenvalue weighted by molar-refractivity contribution is 0.107. The third-order valence-corrected chi connectivity index (χ3v) is 3.99. The van der Waals surface area contributed by atoms with Gasteiger partial charge in [0.05, 0.1) is 6.10 Å². The summed E-state index contributed by atoms with van der Waals surface area (Å²) in [6.45, 7) is 2.76. The first kappa shape index (κ1) is 14.3. The number of phenols is 1. The largest absolute Gasteiger partial charge is 0.508 e. The Labute approximate surface area is 113 Å². The van der Waals surface area contributed by atoms with Crippen molar-refractivity contribution in [2.24, 2.45) is 5.92 Å². The summed E-state index contributed by atoms with van der Waals surface area (Å²) in [6, 6.07) is 3.94. The van der Waals surface area contributed by atoms with Gasteiger partial charge in [-0.05, 0) is 63.3 Å². The molecule has 0 spiro atoms. The predicted octanol–water partition coefficient (Wildman–Crippen LogP) is 2.73. The van der Waals surface area contributed by atoms with Crippen LogP contribution in [0.15, 0.2) is 18.2 Å². The van der Waals surface area contributed by atoms with Crippen molar-refractivity contribution >= 4 is 0 Å². The summed E-state index contributed by atoms with van der Waals surface area (Å²) in [5.74, 6) is 0.351. The van der Waals surface area contributed by atoms with Gasteiger partial charge in [-0.1, -0.05) is 0 Å². The van der Waals surface area contributed by atoms with Gasteiger partial charge < -0.3 is 15.5 Å². The van der Waals surface area contributed by atoms with E-state index in [4.69, 9.17) is 0 Å². The molecule has 2 rings (SSSR count). The summed E-state index contributed by atoms with van der Waals surface area (Å²) in [6.07, 6.45) is 3.64. The molecular formula is C15H22FNO2. The zero-order valence-electron chi connectivity index (χ0n) is 11.3. The number of aromatic hydroxyl groups is 1. The fourth-order valence-electron chi connectivity index (χ4n) is 2.67. The van der Waals surface area contributed by atoms with Crippen molar-refractivity contribution in [2.75, 3.05) is 6.54 Å². The summed E-state index contributed by atoms with van der Waals surface area (Å²) < 4.78 is 13.2. The third-order valence-electron chi connectivity index (χ3n) is 3.99. The summed E-state index contributed by atoms with van der Waals surface area (Å²) in [4.78, 5) is 0. The highest BCUT2D eigenvalue weighted by Gasteiger charge is 2.20. The van der Waals surface area contributed by atoms with Gasteiger partial charge in [0.2, 0.25) is 0 Å². The first-order valence-electron chi connectivity index (χ1n) is 6.96. The maximum absolute atomic E-state index is 13.2. The smallest absolute Gasteiger partial charge is 0.123 e. The van der Waals surface area contributed by atoms with Gasteiger partial charge in [0.15, 0.2) is 0 Å². The Morgan fingerprint density at radius 3 is 2.68 bits per heavy atom. The molecule has 1 aromatic rings. The molecule has 0 aliphatic heterocycles. The molecule has 1 atom stereocenters. The second-order valence-electron chi connectivity index (χ2n) is 5.51. The van der Waals surface area contributed by atoms with Gasteiger partial charge in [0, 0.05) is 11.6 Å². The Hall–Kier alpha value is -1.13. The highest BCUT2D eigenvalue weighted by atomic mass is 19.1. The van der Waals surface area contributed by atoms with E-state index in [1.807, 2.05) is 6.92 Å². The van der Waals surface area contributed by atoms with Crippen molar-refractivity contribution in [1.82, 2.24) is 5.32 Å². The van der Waals surface area contributed by atoms with E-state index in [0.29, 0.717) is 11.5 Å². The summed E-state index contributed by atoms with van der Waals surface area (Å²) in [5.41, 5.74) is 0.593. The molecule has 106 valence electrons. The van der Waals surface area contributed by atoms with Crippen molar-refractivity contribution in [3.8, 4) is 5.75 Å². The lowest BCUT2D eigenvalue weighted by Crippen LogP contribution is -2.29. The second-order valence-corrected chi connectivity index (χ2v) is 5.51. The van der Waals surface area contributed by atoms with E-state index in [0.717, 1.165) is 32.2 Å². The number of hydrogen-bond acceptors (Lipinski definition) is 3. The quantitative estimate of drug-likeness (QED) is 0.786. The predicted molar refractivity (Wildman–Crippen MR) is 72.4 cm³/mol. The normalized spacial score (nSPS) is 25.2. The highest BCUT2D eigenvalue weighted by Crippen LogP contribution is 2.27. The van der Waals surface area contributed by atoms with Crippen LogP contribution in [0.25, 0.3) is 0 Å². The fraction of sp³-hybridized carbons (Fsp3) is 0.600. The zero-order valence-corrected chi connectivity index (χ0v) is 11.3. The van der Waals surface area contributed by atoms with Crippen molar-refractivity contribution in [3.63, 3.8) is 0 Å². The maximum atomic E-state index is 13.2. The number of halogens is 1. The molecule has 1 saturated carbocycles. The van der Waals surface area contributed by atoms with Crippen LogP contribution in [0.4, 0.5) is 4.39 Å². The average molecular weight is 267 g/mol. The van der Waals surface area contributed by atoms with Gasteiger partial charge in [-0.2, -0.15) is 0 Å². The standard InChI is InChI=1S/C15H22FNO2/c1-10(14-8-12(16)4-7-15(14)19)17-9-11-2-5-13(18)6-3-11/h4,7-8,10-11,13,17-19H,2-3,5-6,9H2,1H3. The molecule has 0 heterocycles. The molecule has 0 radical (unpaired) electrons. The van der Waals surface area contributed by atoms with E-state index in [1.165, 1.54) is 18.2 Å². The Morgan fingerprint density at radius 1 is 1.32 bits per heavy atom. The van der Waals surface area contributed by atoms with Crippen LogP contribution in [-0.2, 0) is 0 Å². The first-order valence-corrected chi connectivity index (χ1v) is 6.96. The van der Waals surface area contributed by atoms with Crippen molar-refractivity contribution in [2.45, 2.75) is 44.8 Å². The molecule has 0 amide bonds. The third kappa shape index (κ3) is 3.91. The summed E-state index contributed by atoms with van der Waals surface area (Å²) >= 11 is 0. The number of phenolic OH excluding ortho intramolecular Hbond substituents is 1. The van der Waals surface area contributed by atoms with Crippen LogP contribution in [-0.4, -0.2) is 22.9 Å². The number of rotatable bonds is 4. The molecule has 1 fully saturated rings. The van der Waals surface area contributed by atoms with E-state index < -0.39 is 0 Å². The molecule has 1 aliphatic rings. The van der Waals surface area contributed by atoms with Crippen LogP contribution in [0, 0.1) is 11.7 Å². The molecule has 0 saturated heterocycles. The summed E-state index contributed by atoms with van der Waals surface area (Å²) in [7, 11) is 0. The summed E-state index contributed by atoms with van der Waals surface area (Å²) in [5, 5.41) is 22.5. The minimum Gasteiger partial charge on any atom is -0.508 e. The molecule has 1 unspecified atom stereocenters. The monoisotopic (exact) mass is 267 g/mol. The molecule has 4 heteroatoms. The Kier molecular flexibility index (Phi) is 4.77. The Bertz CT molecular complexity index is 417. The molecule has 0 aromatic heterocycles. The number of aliphatic hydroxyl groups excluding tert-OH is 1. The Morgan fingerprint density at radius 2 is 2.00 bits per heavy atom. The number of benzene rings is 1. The minimum absolute atomic E-state index is 0.0810. The van der Waals surface area contributed by atoms with Gasteiger partial charge in [0.1, 0.15) is 11.6 Å². The van der Waals surface area contributed by atoms with E-state index in [-0.39, 0.29) is 23.7 Å². The molecule has 1 aliphatic carbocycles. The van der Waals surface area contributed by atoms with Gasteiger partial charge in [-0.15, -0.1) is 0 Å². The first-order chi connectivity index (χ1) is 9.06. The second kappa shape index (κ2) is 6.35. The van der Waals surface area contributed by atoms with Crippen molar-refractivity contribution in [1.29, 1.82) is 0 Å². The molecular weight excluding hydrogens is 245 g/mol. The SMILES string of the molecule is CC(NCC1CCC(O)CC1)c1cc(F)ccc1O. The van der Waals surface area contributed by atoms with E-state index >= 15 is 0 Å². The minimum atomic E-state index is -0.331. The molecule has 19 heavy (non-hydrogen) atoms. The Balaban J connectivity index is 1.87. The van der Waals surface area contributed by atoms with Crippen LogP contribution >= 0.6 is 0 Å². The lowest BCUT2D eigenvalue weighted by atomic mass is 9.87. The van der Waals surface area contributed by atoms with Gasteiger partial charge in [-0.3, -0.25) is 0 Å². The number of nitrogens with one attached hydrogen (secondary N) is 1. The molecule has 0 bridgehead atoms. The molecule has 1 aromatic carbocycles. The van der Waals surface area contributed by atoms with Crippen LogP contribution in [0.5, 0.6) is 5.75 Å². The number of aliphatic hydroxyl groups is 1. The van der Waals surface area contributed by atoms with Gasteiger partial charge in [0.25, 0.3) is 0 Å². The van der Waals surface area contributed by atoms with E-state index in [2.05, 4.69) is 5.32 Å². The molecule has 3 N–H and O–H groups in total. The number of hydrogen-bond donors (Lipinski definition) is 3. The van der Waals surface area contributed by atoms with E-state index in [9.17, 15) is 14.6 Å². The van der Waals surface area contributed by atoms with E-state index in [1.54, 1.807) is 0 Å². The van der Waals surface area contributed by atoms with Crippen molar-refractivity contribution < 1.29 is 14.6 Å². The van der Waals surface area contributed by atoms with Gasteiger partial charge in [-0.25, -0.2) is 4.39 Å². The zero-order chi connectivity index (χ0) is 13.8. The maximum Gasteiger partial charge on any atom is 0.123 e.